The van der Waals surface area contributed by atoms with Gasteiger partial charge >= 0.3 is 5.97 Å². The number of hydrogen-bond donors (Lipinski definition) is 1. The number of aryl methyl sites for hydroxylation is 1. The Bertz CT molecular complexity index is 615. The van der Waals surface area contributed by atoms with E-state index in [2.05, 4.69) is 19.1 Å². The van der Waals surface area contributed by atoms with Crippen molar-refractivity contribution in [1.29, 1.82) is 0 Å². The maximum atomic E-state index is 11.1. The first kappa shape index (κ1) is 15.1. The topological polar surface area (TPSA) is 46.5 Å². The zero-order valence-corrected chi connectivity index (χ0v) is 12.4. The number of methoxy groups -OCH3 is 1. The Balaban J connectivity index is 2.35. The Morgan fingerprint density at radius 1 is 1.14 bits per heavy atom. The molecule has 0 heterocycles. The van der Waals surface area contributed by atoms with E-state index < -0.39 is 5.97 Å². The molecule has 0 aromatic heterocycles. The Morgan fingerprint density at radius 3 is 2.43 bits per heavy atom. The van der Waals surface area contributed by atoms with Crippen LogP contribution in [0.3, 0.4) is 0 Å². The molecule has 0 aliphatic carbocycles. The fourth-order valence-corrected chi connectivity index (χ4v) is 2.30. The molecule has 0 aliphatic heterocycles. The third-order valence-electron chi connectivity index (χ3n) is 3.53. The fraction of sp³-hybridized carbons (Fsp3) is 0.278. The van der Waals surface area contributed by atoms with Crippen LogP contribution in [0.4, 0.5) is 0 Å². The molecule has 0 saturated heterocycles. The lowest BCUT2D eigenvalue weighted by molar-refractivity contribution is 0.0697. The van der Waals surface area contributed by atoms with Gasteiger partial charge in [0, 0.05) is 5.56 Å². The highest BCUT2D eigenvalue weighted by molar-refractivity contribution is 5.90. The highest BCUT2D eigenvalue weighted by atomic mass is 16.5. The van der Waals surface area contributed by atoms with Crippen LogP contribution < -0.4 is 4.74 Å². The van der Waals surface area contributed by atoms with E-state index in [-0.39, 0.29) is 5.56 Å². The molecule has 2 rings (SSSR count). The molecule has 0 spiro atoms. The van der Waals surface area contributed by atoms with E-state index in [1.807, 2.05) is 12.1 Å². The van der Waals surface area contributed by atoms with Crippen LogP contribution in [0.25, 0.3) is 11.1 Å². The largest absolute Gasteiger partial charge is 0.496 e. The Labute approximate surface area is 125 Å². The summed E-state index contributed by atoms with van der Waals surface area (Å²) >= 11 is 0. The fourth-order valence-electron chi connectivity index (χ4n) is 2.30. The van der Waals surface area contributed by atoms with Crippen molar-refractivity contribution in [2.45, 2.75) is 26.2 Å². The van der Waals surface area contributed by atoms with Crippen LogP contribution >= 0.6 is 0 Å². The highest BCUT2D eigenvalue weighted by Crippen LogP contribution is 2.31. The summed E-state index contributed by atoms with van der Waals surface area (Å²) in [5.41, 5.74) is 3.34. The van der Waals surface area contributed by atoms with Crippen LogP contribution in [0.5, 0.6) is 5.75 Å². The summed E-state index contributed by atoms with van der Waals surface area (Å²) in [7, 11) is 1.59. The Morgan fingerprint density at radius 2 is 1.86 bits per heavy atom. The molecule has 2 aromatic carbocycles. The number of aromatic carboxylic acids is 1. The lowest BCUT2D eigenvalue weighted by Crippen LogP contribution is -1.98. The zero-order chi connectivity index (χ0) is 15.2. The van der Waals surface area contributed by atoms with Crippen molar-refractivity contribution in [3.8, 4) is 16.9 Å². The third kappa shape index (κ3) is 3.63. The standard InChI is InChI=1S/C18H20O3/c1-3-4-5-13-6-8-14(9-7-13)16-12-15(18(19)20)10-11-17(16)21-2/h6-12H,3-5H2,1-2H3,(H,19,20). The summed E-state index contributed by atoms with van der Waals surface area (Å²) in [5.74, 6) is -0.250. The van der Waals surface area contributed by atoms with Crippen molar-refractivity contribution < 1.29 is 14.6 Å². The molecule has 21 heavy (non-hydrogen) atoms. The zero-order valence-electron chi connectivity index (χ0n) is 12.4. The van der Waals surface area contributed by atoms with Gasteiger partial charge in [0.05, 0.1) is 12.7 Å². The van der Waals surface area contributed by atoms with Crippen molar-refractivity contribution in [3.05, 3.63) is 53.6 Å². The predicted molar refractivity (Wildman–Crippen MR) is 84.0 cm³/mol. The van der Waals surface area contributed by atoms with Gasteiger partial charge in [-0.25, -0.2) is 4.79 Å². The number of rotatable bonds is 6. The van der Waals surface area contributed by atoms with Gasteiger partial charge in [-0.1, -0.05) is 37.6 Å². The normalized spacial score (nSPS) is 10.4. The lowest BCUT2D eigenvalue weighted by atomic mass is 9.99. The number of carboxylic acid groups (broad SMARTS) is 1. The second-order valence-electron chi connectivity index (χ2n) is 5.02. The minimum Gasteiger partial charge on any atom is -0.496 e. The summed E-state index contributed by atoms with van der Waals surface area (Å²) in [6, 6.07) is 13.1. The Hall–Kier alpha value is -2.29. The van der Waals surface area contributed by atoms with Crippen molar-refractivity contribution in [3.63, 3.8) is 0 Å². The first-order valence-corrected chi connectivity index (χ1v) is 7.16. The molecule has 0 amide bonds. The van der Waals surface area contributed by atoms with E-state index in [0.717, 1.165) is 17.5 Å². The monoisotopic (exact) mass is 284 g/mol. The van der Waals surface area contributed by atoms with Gasteiger partial charge < -0.3 is 9.84 Å². The molecule has 110 valence electrons. The van der Waals surface area contributed by atoms with Crippen LogP contribution in [0.2, 0.25) is 0 Å². The van der Waals surface area contributed by atoms with Crippen molar-refractivity contribution in [2.24, 2.45) is 0 Å². The van der Waals surface area contributed by atoms with E-state index in [1.54, 1.807) is 25.3 Å². The average molecular weight is 284 g/mol. The Kier molecular flexibility index (Phi) is 4.99. The predicted octanol–water partition coefficient (Wildman–Crippen LogP) is 4.40. The number of hydrogen-bond acceptors (Lipinski definition) is 2. The van der Waals surface area contributed by atoms with Crippen LogP contribution in [-0.4, -0.2) is 18.2 Å². The second-order valence-corrected chi connectivity index (χ2v) is 5.02. The number of carbonyl (C=O) groups is 1. The van der Waals surface area contributed by atoms with E-state index in [1.165, 1.54) is 18.4 Å². The minimum atomic E-state index is -0.932. The van der Waals surface area contributed by atoms with Gasteiger partial charge in [-0.15, -0.1) is 0 Å². The van der Waals surface area contributed by atoms with Crippen LogP contribution in [0.1, 0.15) is 35.7 Å². The summed E-state index contributed by atoms with van der Waals surface area (Å²) in [6.45, 7) is 2.18. The van der Waals surface area contributed by atoms with Crippen LogP contribution in [0, 0.1) is 0 Å². The van der Waals surface area contributed by atoms with E-state index >= 15 is 0 Å². The number of benzene rings is 2. The molecule has 3 heteroatoms. The molecular formula is C18H20O3. The van der Waals surface area contributed by atoms with Crippen LogP contribution in [-0.2, 0) is 6.42 Å². The maximum absolute atomic E-state index is 11.1. The lowest BCUT2D eigenvalue weighted by Gasteiger charge is -2.10. The minimum absolute atomic E-state index is 0.265. The summed E-state index contributed by atoms with van der Waals surface area (Å²) < 4.78 is 5.34. The van der Waals surface area contributed by atoms with E-state index in [4.69, 9.17) is 9.84 Å². The highest BCUT2D eigenvalue weighted by Gasteiger charge is 2.10. The second kappa shape index (κ2) is 6.93. The van der Waals surface area contributed by atoms with Gasteiger partial charge in [0.2, 0.25) is 0 Å². The first-order chi connectivity index (χ1) is 10.2. The molecule has 0 unspecified atom stereocenters. The molecule has 3 nitrogen and oxygen atoms in total. The quantitative estimate of drug-likeness (QED) is 0.855. The third-order valence-corrected chi connectivity index (χ3v) is 3.53. The number of ether oxygens (including phenoxy) is 1. The molecule has 1 N–H and O–H groups in total. The molecule has 0 atom stereocenters. The van der Waals surface area contributed by atoms with Crippen LogP contribution in [0.15, 0.2) is 42.5 Å². The number of unbranched alkanes of at least 4 members (excludes halogenated alkanes) is 1. The summed E-state index contributed by atoms with van der Waals surface area (Å²) in [6.07, 6.45) is 3.43. The van der Waals surface area contributed by atoms with Crippen molar-refractivity contribution in [1.82, 2.24) is 0 Å². The molecule has 0 radical (unpaired) electrons. The molecule has 0 saturated carbocycles. The van der Waals surface area contributed by atoms with E-state index in [0.29, 0.717) is 5.75 Å². The van der Waals surface area contributed by atoms with Gasteiger partial charge in [-0.3, -0.25) is 0 Å². The van der Waals surface area contributed by atoms with E-state index in [9.17, 15) is 4.79 Å². The van der Waals surface area contributed by atoms with Gasteiger partial charge in [-0.2, -0.15) is 0 Å². The number of carboxylic acids is 1. The first-order valence-electron chi connectivity index (χ1n) is 7.16. The average Bonchev–Trinajstić information content (AvgIpc) is 2.52. The van der Waals surface area contributed by atoms with Gasteiger partial charge in [0.1, 0.15) is 5.75 Å². The summed E-state index contributed by atoms with van der Waals surface area (Å²) in [5, 5.41) is 9.12. The molecular weight excluding hydrogens is 264 g/mol. The van der Waals surface area contributed by atoms with Gasteiger partial charge in [0.25, 0.3) is 0 Å². The molecule has 0 aliphatic rings. The molecule has 2 aromatic rings. The molecule has 0 bridgehead atoms. The SMILES string of the molecule is CCCCc1ccc(-c2cc(C(=O)O)ccc2OC)cc1. The maximum Gasteiger partial charge on any atom is 0.335 e. The smallest absolute Gasteiger partial charge is 0.335 e. The van der Waals surface area contributed by atoms with Gasteiger partial charge in [0.15, 0.2) is 0 Å². The van der Waals surface area contributed by atoms with Crippen molar-refractivity contribution in [2.75, 3.05) is 7.11 Å². The molecule has 0 fully saturated rings. The van der Waals surface area contributed by atoms with Crippen molar-refractivity contribution >= 4 is 5.97 Å². The van der Waals surface area contributed by atoms with Gasteiger partial charge in [-0.05, 0) is 42.2 Å². The summed E-state index contributed by atoms with van der Waals surface area (Å²) in [4.78, 5) is 11.1.